The van der Waals surface area contributed by atoms with Crippen molar-refractivity contribution in [2.45, 2.75) is 56.8 Å². The summed E-state index contributed by atoms with van der Waals surface area (Å²) in [7, 11) is -3.81. The van der Waals surface area contributed by atoms with E-state index < -0.39 is 10.0 Å². The zero-order valence-electron chi connectivity index (χ0n) is 25.5. The fourth-order valence-electron chi connectivity index (χ4n) is 5.75. The molecule has 0 aliphatic carbocycles. The molecule has 0 radical (unpaired) electrons. The van der Waals surface area contributed by atoms with Crippen molar-refractivity contribution in [3.63, 3.8) is 0 Å². The van der Waals surface area contributed by atoms with Gasteiger partial charge in [-0.25, -0.2) is 13.2 Å². The molecule has 1 saturated heterocycles. The quantitative estimate of drug-likeness (QED) is 0.185. The van der Waals surface area contributed by atoms with E-state index >= 15 is 0 Å². The van der Waals surface area contributed by atoms with Gasteiger partial charge in [-0.05, 0) is 61.6 Å². The van der Waals surface area contributed by atoms with E-state index in [9.17, 15) is 13.2 Å². The molecular weight excluding hydrogens is 570 g/mol. The monoisotopic (exact) mass is 611 g/mol. The molecule has 8 heteroatoms. The van der Waals surface area contributed by atoms with Gasteiger partial charge in [0.05, 0.1) is 10.6 Å². The van der Waals surface area contributed by atoms with Crippen molar-refractivity contribution in [1.29, 1.82) is 0 Å². The van der Waals surface area contributed by atoms with Crippen LogP contribution in [0, 0.1) is 6.92 Å². The fraction of sp³-hybridized carbons (Fsp3) is 0.306. The van der Waals surface area contributed by atoms with Crippen LogP contribution in [-0.4, -0.2) is 56.1 Å². The summed E-state index contributed by atoms with van der Waals surface area (Å²) in [5.74, 6) is 0. The summed E-state index contributed by atoms with van der Waals surface area (Å²) in [5, 5.41) is 0. The SMILES string of the molecule is Cc1ccccc1S(=O)(=O)N(c1ccccc1)C1CCN(C(=O)OC[C@H](C)N(Cc2ccccc2)Cc2ccccc2)CC1. The van der Waals surface area contributed by atoms with Crippen molar-refractivity contribution in [3.05, 3.63) is 132 Å². The van der Waals surface area contributed by atoms with Crippen LogP contribution >= 0.6 is 0 Å². The Morgan fingerprint density at radius 2 is 1.30 bits per heavy atom. The summed E-state index contributed by atoms with van der Waals surface area (Å²) in [4.78, 5) is 17.5. The topological polar surface area (TPSA) is 70.2 Å². The van der Waals surface area contributed by atoms with Gasteiger partial charge in [-0.3, -0.25) is 9.21 Å². The number of sulfonamides is 1. The largest absolute Gasteiger partial charge is 0.448 e. The van der Waals surface area contributed by atoms with E-state index in [2.05, 4.69) is 36.1 Å². The Morgan fingerprint density at radius 1 is 0.795 bits per heavy atom. The van der Waals surface area contributed by atoms with Crippen molar-refractivity contribution >= 4 is 21.8 Å². The van der Waals surface area contributed by atoms with E-state index in [0.29, 0.717) is 42.1 Å². The minimum absolute atomic E-state index is 0.00951. The van der Waals surface area contributed by atoms with E-state index in [1.165, 1.54) is 11.1 Å². The first-order chi connectivity index (χ1) is 21.3. The average Bonchev–Trinajstić information content (AvgIpc) is 3.05. The lowest BCUT2D eigenvalue weighted by Gasteiger charge is -2.39. The molecule has 1 aliphatic rings. The lowest BCUT2D eigenvalue weighted by atomic mass is 10.0. The summed E-state index contributed by atoms with van der Waals surface area (Å²) < 4.78 is 35.4. The minimum atomic E-state index is -3.81. The molecule has 1 atom stereocenters. The average molecular weight is 612 g/mol. The fourth-order valence-corrected chi connectivity index (χ4v) is 7.69. The van der Waals surface area contributed by atoms with Crippen LogP contribution in [0.1, 0.15) is 36.5 Å². The number of nitrogens with zero attached hydrogens (tertiary/aromatic N) is 3. The van der Waals surface area contributed by atoms with Crippen molar-refractivity contribution < 1.29 is 17.9 Å². The molecule has 1 aliphatic heterocycles. The molecule has 1 amide bonds. The van der Waals surface area contributed by atoms with Gasteiger partial charge in [0.1, 0.15) is 6.61 Å². The van der Waals surface area contributed by atoms with Crippen LogP contribution in [0.2, 0.25) is 0 Å². The predicted octanol–water partition coefficient (Wildman–Crippen LogP) is 6.88. The maximum absolute atomic E-state index is 14.0. The van der Waals surface area contributed by atoms with Gasteiger partial charge in [0.15, 0.2) is 0 Å². The summed E-state index contributed by atoms with van der Waals surface area (Å²) in [5.41, 5.74) is 3.74. The zero-order chi connectivity index (χ0) is 30.9. The lowest BCUT2D eigenvalue weighted by Crippen LogP contribution is -2.49. The first kappa shape index (κ1) is 31.3. The van der Waals surface area contributed by atoms with Crippen LogP contribution in [0.25, 0.3) is 0 Å². The van der Waals surface area contributed by atoms with Crippen molar-refractivity contribution in [2.75, 3.05) is 24.0 Å². The highest BCUT2D eigenvalue weighted by Crippen LogP contribution is 2.31. The third kappa shape index (κ3) is 7.68. The van der Waals surface area contributed by atoms with Crippen LogP contribution in [0.15, 0.2) is 120 Å². The van der Waals surface area contributed by atoms with Crippen LogP contribution in [-0.2, 0) is 27.8 Å². The molecule has 5 rings (SSSR count). The van der Waals surface area contributed by atoms with Gasteiger partial charge in [-0.2, -0.15) is 0 Å². The number of aryl methyl sites for hydroxylation is 1. The Balaban J connectivity index is 1.23. The number of piperidine rings is 1. The molecule has 1 fully saturated rings. The van der Waals surface area contributed by atoms with E-state index in [1.54, 1.807) is 21.3 Å². The van der Waals surface area contributed by atoms with Gasteiger partial charge in [0.25, 0.3) is 10.0 Å². The molecule has 0 spiro atoms. The molecule has 4 aromatic carbocycles. The zero-order valence-corrected chi connectivity index (χ0v) is 26.3. The van der Waals surface area contributed by atoms with Gasteiger partial charge in [0, 0.05) is 38.3 Å². The number of anilines is 1. The van der Waals surface area contributed by atoms with Gasteiger partial charge in [0.2, 0.25) is 0 Å². The second kappa shape index (κ2) is 14.6. The number of benzene rings is 4. The molecular formula is C36H41N3O4S. The van der Waals surface area contributed by atoms with E-state index in [1.807, 2.05) is 85.8 Å². The third-order valence-corrected chi connectivity index (χ3v) is 10.3. The highest BCUT2D eigenvalue weighted by atomic mass is 32.2. The number of likely N-dealkylation sites (tertiary alicyclic amines) is 1. The number of para-hydroxylation sites is 1. The van der Waals surface area contributed by atoms with Gasteiger partial charge < -0.3 is 9.64 Å². The molecule has 1 heterocycles. The molecule has 0 aromatic heterocycles. The van der Waals surface area contributed by atoms with E-state index in [-0.39, 0.29) is 24.8 Å². The first-order valence-corrected chi connectivity index (χ1v) is 16.7. The Hall–Kier alpha value is -4.14. The van der Waals surface area contributed by atoms with Gasteiger partial charge in [-0.15, -0.1) is 0 Å². The number of hydrogen-bond acceptors (Lipinski definition) is 5. The number of carbonyl (C=O) groups excluding carboxylic acids is 1. The second-order valence-electron chi connectivity index (χ2n) is 11.4. The Kier molecular flexibility index (Phi) is 10.4. The number of rotatable bonds is 11. The lowest BCUT2D eigenvalue weighted by molar-refractivity contribution is 0.0592. The standard InChI is InChI=1S/C36H41N3O4S/c1-29-14-12-13-21-35(29)44(41,42)39(33-19-10-5-11-20-33)34-22-24-37(25-23-34)36(40)43-28-30(2)38(26-31-15-6-3-7-16-31)27-32-17-8-4-9-18-32/h3-21,30,34H,22-28H2,1-2H3/t30-/m0/s1. The number of amides is 1. The van der Waals surface area contributed by atoms with Crippen molar-refractivity contribution in [2.24, 2.45) is 0 Å². The van der Waals surface area contributed by atoms with Crippen LogP contribution in [0.3, 0.4) is 0 Å². The molecule has 230 valence electrons. The normalized spacial score (nSPS) is 14.8. The first-order valence-electron chi connectivity index (χ1n) is 15.2. The Labute approximate surface area is 261 Å². The molecule has 0 unspecified atom stereocenters. The molecule has 4 aromatic rings. The Morgan fingerprint density at radius 3 is 1.84 bits per heavy atom. The second-order valence-corrected chi connectivity index (χ2v) is 13.2. The van der Waals surface area contributed by atoms with Crippen molar-refractivity contribution in [3.8, 4) is 0 Å². The van der Waals surface area contributed by atoms with Crippen molar-refractivity contribution in [1.82, 2.24) is 9.80 Å². The third-order valence-electron chi connectivity index (χ3n) is 8.22. The highest BCUT2D eigenvalue weighted by molar-refractivity contribution is 7.93. The minimum Gasteiger partial charge on any atom is -0.448 e. The summed E-state index contributed by atoms with van der Waals surface area (Å²) in [6, 6.07) is 36.6. The smallest absolute Gasteiger partial charge is 0.409 e. The molecule has 44 heavy (non-hydrogen) atoms. The number of carbonyl (C=O) groups is 1. The van der Waals surface area contributed by atoms with E-state index in [4.69, 9.17) is 4.74 Å². The molecule has 7 nitrogen and oxygen atoms in total. The Bertz CT molecular complexity index is 1550. The molecule has 0 saturated carbocycles. The summed E-state index contributed by atoms with van der Waals surface area (Å²) in [6.45, 7) is 6.48. The van der Waals surface area contributed by atoms with E-state index in [0.717, 1.165) is 13.1 Å². The molecule has 0 bridgehead atoms. The number of hydrogen-bond donors (Lipinski definition) is 0. The maximum atomic E-state index is 14.0. The van der Waals surface area contributed by atoms with Crippen LogP contribution < -0.4 is 4.31 Å². The van der Waals surface area contributed by atoms with Gasteiger partial charge in [-0.1, -0.05) is 97.1 Å². The summed E-state index contributed by atoms with van der Waals surface area (Å²) >= 11 is 0. The number of ether oxygens (including phenoxy) is 1. The van der Waals surface area contributed by atoms with Crippen LogP contribution in [0.4, 0.5) is 10.5 Å². The summed E-state index contributed by atoms with van der Waals surface area (Å²) in [6.07, 6.45) is 0.667. The predicted molar refractivity (Wildman–Crippen MR) is 175 cm³/mol. The maximum Gasteiger partial charge on any atom is 0.409 e. The van der Waals surface area contributed by atoms with Gasteiger partial charge >= 0.3 is 6.09 Å². The van der Waals surface area contributed by atoms with Crippen LogP contribution in [0.5, 0.6) is 0 Å². The molecule has 0 N–H and O–H groups in total. The highest BCUT2D eigenvalue weighted by Gasteiger charge is 2.36.